The van der Waals surface area contributed by atoms with Crippen molar-refractivity contribution in [2.45, 2.75) is 12.5 Å². The average Bonchev–Trinajstić information content (AvgIpc) is 2.69. The highest BCUT2D eigenvalue weighted by Crippen LogP contribution is 2.36. The van der Waals surface area contributed by atoms with Crippen molar-refractivity contribution in [3.63, 3.8) is 0 Å². The van der Waals surface area contributed by atoms with Crippen LogP contribution in [0.5, 0.6) is 0 Å². The zero-order chi connectivity index (χ0) is 18.7. The van der Waals surface area contributed by atoms with Gasteiger partial charge in [0.25, 0.3) is 0 Å². The van der Waals surface area contributed by atoms with Crippen molar-refractivity contribution >= 4 is 50.9 Å². The number of ether oxygens (including phenoxy) is 1. The number of nitrogen functional groups attached to an aromatic ring is 1. The standard InChI is InChI=1S/C20H19BrN2O2S/c1-25-20(24)14-4-2-13(3-5-14)19-10-15(8-9-23(19)12-26)17-11-16(21)6-7-18(17)22/h2-7,10-12,19H,8-9,22H2,1H3. The molecule has 0 radical (unpaired) electrons. The molecular formula is C20H19BrN2O2S. The van der Waals surface area contributed by atoms with Gasteiger partial charge in [-0.25, -0.2) is 4.79 Å². The first kappa shape index (κ1) is 18.6. The van der Waals surface area contributed by atoms with Crippen molar-refractivity contribution in [1.29, 1.82) is 0 Å². The van der Waals surface area contributed by atoms with Gasteiger partial charge in [0.1, 0.15) is 0 Å². The molecule has 1 heterocycles. The van der Waals surface area contributed by atoms with Crippen LogP contribution < -0.4 is 5.73 Å². The number of carbonyl (C=O) groups is 1. The second-order valence-electron chi connectivity index (χ2n) is 6.08. The number of anilines is 1. The van der Waals surface area contributed by atoms with Crippen LogP contribution >= 0.6 is 28.1 Å². The molecule has 0 aliphatic carbocycles. The Labute approximate surface area is 166 Å². The molecule has 1 unspecified atom stereocenters. The third-order valence-electron chi connectivity index (χ3n) is 4.53. The van der Waals surface area contributed by atoms with Crippen LogP contribution in [-0.2, 0) is 4.74 Å². The van der Waals surface area contributed by atoms with Gasteiger partial charge in [0.2, 0.25) is 0 Å². The van der Waals surface area contributed by atoms with Gasteiger partial charge in [-0.05, 0) is 47.9 Å². The summed E-state index contributed by atoms with van der Waals surface area (Å²) in [6.07, 6.45) is 3.06. The minimum absolute atomic E-state index is 0.00123. The fourth-order valence-electron chi connectivity index (χ4n) is 3.13. The molecule has 2 aromatic carbocycles. The fraction of sp³-hybridized carbons (Fsp3) is 0.200. The average molecular weight is 431 g/mol. The molecular weight excluding hydrogens is 412 g/mol. The van der Waals surface area contributed by atoms with Crippen LogP contribution in [0.15, 0.2) is 53.0 Å². The van der Waals surface area contributed by atoms with E-state index in [9.17, 15) is 4.79 Å². The summed E-state index contributed by atoms with van der Waals surface area (Å²) in [5.74, 6) is -0.343. The topological polar surface area (TPSA) is 55.6 Å². The molecule has 4 nitrogen and oxygen atoms in total. The quantitative estimate of drug-likeness (QED) is 0.436. The molecule has 0 amide bonds. The summed E-state index contributed by atoms with van der Waals surface area (Å²) >= 11 is 8.72. The monoisotopic (exact) mass is 430 g/mol. The summed E-state index contributed by atoms with van der Waals surface area (Å²) in [6, 6.07) is 13.3. The molecule has 3 rings (SSSR count). The molecule has 134 valence electrons. The van der Waals surface area contributed by atoms with E-state index >= 15 is 0 Å². The van der Waals surface area contributed by atoms with Crippen LogP contribution in [0.1, 0.15) is 33.9 Å². The SMILES string of the molecule is COC(=O)c1ccc(C2C=C(c3cc(Br)ccc3N)CCN2C=S)cc1. The maximum atomic E-state index is 11.6. The number of benzene rings is 2. The van der Waals surface area contributed by atoms with Crippen LogP contribution in [0, 0.1) is 0 Å². The van der Waals surface area contributed by atoms with E-state index in [1.165, 1.54) is 12.7 Å². The second-order valence-corrected chi connectivity index (χ2v) is 7.20. The number of rotatable bonds is 4. The number of methoxy groups -OCH3 is 1. The van der Waals surface area contributed by atoms with Gasteiger partial charge in [-0.1, -0.05) is 46.4 Å². The second kappa shape index (κ2) is 8.01. The van der Waals surface area contributed by atoms with E-state index in [1.54, 1.807) is 17.6 Å². The first-order chi connectivity index (χ1) is 12.5. The minimum atomic E-state index is -0.343. The lowest BCUT2D eigenvalue weighted by Crippen LogP contribution is -2.30. The Hall–Kier alpha value is -2.18. The summed E-state index contributed by atoms with van der Waals surface area (Å²) in [7, 11) is 1.38. The molecule has 6 heteroatoms. The van der Waals surface area contributed by atoms with E-state index in [0.29, 0.717) is 5.56 Å². The molecule has 1 aliphatic heterocycles. The van der Waals surface area contributed by atoms with Gasteiger partial charge in [0, 0.05) is 22.3 Å². The van der Waals surface area contributed by atoms with Crippen molar-refractivity contribution in [1.82, 2.24) is 4.90 Å². The molecule has 0 saturated heterocycles. The molecule has 0 bridgehead atoms. The molecule has 0 aromatic heterocycles. The van der Waals surface area contributed by atoms with E-state index < -0.39 is 0 Å². The van der Waals surface area contributed by atoms with Crippen LogP contribution in [-0.4, -0.2) is 30.0 Å². The van der Waals surface area contributed by atoms with Gasteiger partial charge in [-0.15, -0.1) is 0 Å². The summed E-state index contributed by atoms with van der Waals surface area (Å²) in [6.45, 7) is 0.810. The lowest BCUT2D eigenvalue weighted by Gasteiger charge is -2.33. The van der Waals surface area contributed by atoms with Crippen molar-refractivity contribution < 1.29 is 9.53 Å². The molecule has 0 spiro atoms. The maximum Gasteiger partial charge on any atom is 0.337 e. The Morgan fingerprint density at radius 2 is 2.04 bits per heavy atom. The van der Waals surface area contributed by atoms with Gasteiger partial charge in [-0.2, -0.15) is 0 Å². The van der Waals surface area contributed by atoms with Crippen molar-refractivity contribution in [3.05, 3.63) is 69.7 Å². The number of hydrogen-bond donors (Lipinski definition) is 1. The molecule has 2 N–H and O–H groups in total. The number of hydrogen-bond acceptors (Lipinski definition) is 4. The number of carbonyl (C=O) groups excluding carboxylic acids is 1. The highest BCUT2D eigenvalue weighted by Gasteiger charge is 2.23. The van der Waals surface area contributed by atoms with Crippen LogP contribution in [0.3, 0.4) is 0 Å². The van der Waals surface area contributed by atoms with Crippen molar-refractivity contribution in [3.8, 4) is 0 Å². The Morgan fingerprint density at radius 1 is 1.31 bits per heavy atom. The minimum Gasteiger partial charge on any atom is -0.465 e. The highest BCUT2D eigenvalue weighted by molar-refractivity contribution is 9.10. The third kappa shape index (κ3) is 3.81. The van der Waals surface area contributed by atoms with Crippen LogP contribution in [0.4, 0.5) is 5.69 Å². The maximum absolute atomic E-state index is 11.6. The molecule has 26 heavy (non-hydrogen) atoms. The molecule has 0 fully saturated rings. The van der Waals surface area contributed by atoms with E-state index in [-0.39, 0.29) is 12.0 Å². The lowest BCUT2D eigenvalue weighted by molar-refractivity contribution is 0.0600. The summed E-state index contributed by atoms with van der Waals surface area (Å²) in [4.78, 5) is 13.8. The Balaban J connectivity index is 1.98. The van der Waals surface area contributed by atoms with Gasteiger partial charge in [0.05, 0.1) is 24.2 Å². The van der Waals surface area contributed by atoms with E-state index in [1.807, 2.05) is 30.3 Å². The summed E-state index contributed by atoms with van der Waals surface area (Å²) in [5, 5.41) is 0. The first-order valence-electron chi connectivity index (χ1n) is 8.19. The fourth-order valence-corrected chi connectivity index (χ4v) is 3.73. The largest absolute Gasteiger partial charge is 0.465 e. The molecule has 1 atom stereocenters. The highest BCUT2D eigenvalue weighted by atomic mass is 79.9. The predicted molar refractivity (Wildman–Crippen MR) is 112 cm³/mol. The Morgan fingerprint density at radius 3 is 2.69 bits per heavy atom. The summed E-state index contributed by atoms with van der Waals surface area (Å²) < 4.78 is 5.76. The van der Waals surface area contributed by atoms with Gasteiger partial charge < -0.3 is 15.4 Å². The van der Waals surface area contributed by atoms with E-state index in [2.05, 4.69) is 26.9 Å². The van der Waals surface area contributed by atoms with Gasteiger partial charge in [-0.3, -0.25) is 0 Å². The number of esters is 1. The van der Waals surface area contributed by atoms with Crippen molar-refractivity contribution in [2.75, 3.05) is 19.4 Å². The molecule has 1 aliphatic rings. The Bertz CT molecular complexity index is 865. The molecule has 2 aromatic rings. The lowest BCUT2D eigenvalue weighted by atomic mass is 9.91. The van der Waals surface area contributed by atoms with Crippen molar-refractivity contribution in [2.24, 2.45) is 0 Å². The summed E-state index contributed by atoms with van der Waals surface area (Å²) in [5.41, 5.74) is 12.5. The van der Waals surface area contributed by atoms with Crippen LogP contribution in [0.25, 0.3) is 5.57 Å². The number of nitrogens with two attached hydrogens (primary N) is 1. The van der Waals surface area contributed by atoms with Crippen LogP contribution in [0.2, 0.25) is 0 Å². The third-order valence-corrected chi connectivity index (χ3v) is 5.29. The number of nitrogens with zero attached hydrogens (tertiary/aromatic N) is 1. The smallest absolute Gasteiger partial charge is 0.337 e. The van der Waals surface area contributed by atoms with E-state index in [0.717, 1.165) is 34.3 Å². The van der Waals surface area contributed by atoms with Gasteiger partial charge >= 0.3 is 5.97 Å². The van der Waals surface area contributed by atoms with E-state index in [4.69, 9.17) is 22.7 Å². The first-order valence-corrected chi connectivity index (χ1v) is 9.45. The zero-order valence-electron chi connectivity index (χ0n) is 14.3. The van der Waals surface area contributed by atoms with Gasteiger partial charge in [0.15, 0.2) is 0 Å². The zero-order valence-corrected chi connectivity index (χ0v) is 16.7. The number of thiocarbonyl (C=S) groups is 1. The normalized spacial score (nSPS) is 16.8. The molecule has 0 saturated carbocycles. The number of halogens is 1. The Kier molecular flexibility index (Phi) is 5.74. The predicted octanol–water partition coefficient (Wildman–Crippen LogP) is 4.61.